The van der Waals surface area contributed by atoms with Gasteiger partial charge in [-0.3, -0.25) is 10.1 Å². The van der Waals surface area contributed by atoms with Crippen molar-refractivity contribution in [3.63, 3.8) is 0 Å². The monoisotopic (exact) mass is 262 g/mol. The maximum absolute atomic E-state index is 11.4. The zero-order valence-corrected chi connectivity index (χ0v) is 9.99. The van der Waals surface area contributed by atoms with Crippen LogP contribution in [0.4, 0.5) is 5.69 Å². The van der Waals surface area contributed by atoms with Crippen molar-refractivity contribution < 1.29 is 19.6 Å². The van der Waals surface area contributed by atoms with E-state index in [1.54, 1.807) is 13.0 Å². The van der Waals surface area contributed by atoms with Gasteiger partial charge in [-0.05, 0) is 19.1 Å². The summed E-state index contributed by atoms with van der Waals surface area (Å²) < 4.78 is 4.61. The average Bonchev–Trinajstić information content (AvgIpc) is 2.39. The van der Waals surface area contributed by atoms with Crippen LogP contribution in [0.1, 0.15) is 12.5 Å². The minimum Gasteiger partial charge on any atom is -0.506 e. The van der Waals surface area contributed by atoms with Gasteiger partial charge in [0.1, 0.15) is 11.8 Å². The number of non-ortho nitro benzene ring substituents is 1. The molecule has 1 aromatic carbocycles. The van der Waals surface area contributed by atoms with Crippen LogP contribution < -0.4 is 0 Å². The summed E-state index contributed by atoms with van der Waals surface area (Å²) in [5.41, 5.74) is -0.586. The molecule has 0 saturated carbocycles. The molecule has 0 heterocycles. The fraction of sp³-hybridized carbons (Fsp3) is 0.167. The van der Waals surface area contributed by atoms with Crippen LogP contribution in [0.15, 0.2) is 29.8 Å². The lowest BCUT2D eigenvalue weighted by molar-refractivity contribution is -0.384. The minimum absolute atomic E-state index is 0.0670. The number of benzene rings is 1. The largest absolute Gasteiger partial charge is 0.506 e. The van der Waals surface area contributed by atoms with Crippen molar-refractivity contribution in [3.05, 3.63) is 45.5 Å². The first-order valence-electron chi connectivity index (χ1n) is 5.26. The summed E-state index contributed by atoms with van der Waals surface area (Å²) in [5, 5.41) is 29.1. The molecule has 0 unspecified atom stereocenters. The second-order valence-corrected chi connectivity index (χ2v) is 3.36. The number of nitro groups is 1. The quantitative estimate of drug-likeness (QED) is 0.221. The molecule has 0 bridgehead atoms. The first-order valence-corrected chi connectivity index (χ1v) is 5.26. The number of nitro benzene ring substituents is 1. The van der Waals surface area contributed by atoms with Gasteiger partial charge in [-0.15, -0.1) is 0 Å². The van der Waals surface area contributed by atoms with Gasteiger partial charge < -0.3 is 9.84 Å². The third kappa shape index (κ3) is 3.29. The number of nitrogens with zero attached hydrogens (tertiary/aromatic N) is 2. The topological polar surface area (TPSA) is 113 Å². The van der Waals surface area contributed by atoms with Gasteiger partial charge in [-0.2, -0.15) is 5.26 Å². The summed E-state index contributed by atoms with van der Waals surface area (Å²) in [5.74, 6) is -1.52. The predicted molar refractivity (Wildman–Crippen MR) is 64.9 cm³/mol. The Balaban J connectivity index is 3.16. The molecular weight excluding hydrogens is 252 g/mol. The van der Waals surface area contributed by atoms with E-state index < -0.39 is 22.2 Å². The molecule has 0 amide bonds. The summed E-state index contributed by atoms with van der Waals surface area (Å²) in [4.78, 5) is 21.3. The van der Waals surface area contributed by atoms with Gasteiger partial charge in [-0.25, -0.2) is 4.79 Å². The van der Waals surface area contributed by atoms with Crippen LogP contribution >= 0.6 is 0 Å². The molecule has 98 valence electrons. The highest BCUT2D eigenvalue weighted by Crippen LogP contribution is 2.20. The van der Waals surface area contributed by atoms with Gasteiger partial charge >= 0.3 is 5.97 Å². The number of carbonyl (C=O) groups excluding carboxylic acids is 1. The average molecular weight is 262 g/mol. The highest BCUT2D eigenvalue weighted by Gasteiger charge is 2.18. The SMILES string of the molecule is CCOC(=O)/C(C#N)=C(/O)c1ccc([N+](=O)[O-])cc1. The smallest absolute Gasteiger partial charge is 0.352 e. The summed E-state index contributed by atoms with van der Waals surface area (Å²) in [6.45, 7) is 1.63. The van der Waals surface area contributed by atoms with Crippen LogP contribution in [0, 0.1) is 21.4 Å². The molecule has 19 heavy (non-hydrogen) atoms. The number of esters is 1. The highest BCUT2D eigenvalue weighted by molar-refractivity contribution is 6.00. The molecule has 0 radical (unpaired) electrons. The molecule has 1 aromatic rings. The normalized spacial score (nSPS) is 11.2. The molecule has 0 aliphatic rings. The van der Waals surface area contributed by atoms with Crippen molar-refractivity contribution in [1.82, 2.24) is 0 Å². The Kier molecular flexibility index (Phi) is 4.60. The number of hydrogen-bond donors (Lipinski definition) is 1. The second-order valence-electron chi connectivity index (χ2n) is 3.36. The first kappa shape index (κ1) is 14.2. The lowest BCUT2D eigenvalue weighted by Gasteiger charge is -2.04. The van der Waals surface area contributed by atoms with Crippen molar-refractivity contribution in [2.45, 2.75) is 6.92 Å². The Hall–Kier alpha value is -2.88. The van der Waals surface area contributed by atoms with E-state index in [4.69, 9.17) is 5.26 Å². The van der Waals surface area contributed by atoms with Crippen LogP contribution in [0.2, 0.25) is 0 Å². The van der Waals surface area contributed by atoms with E-state index in [9.17, 15) is 20.0 Å². The zero-order valence-electron chi connectivity index (χ0n) is 9.99. The van der Waals surface area contributed by atoms with Gasteiger partial charge in [0.05, 0.1) is 11.5 Å². The summed E-state index contributed by atoms with van der Waals surface area (Å²) in [7, 11) is 0. The van der Waals surface area contributed by atoms with Gasteiger partial charge in [0.2, 0.25) is 0 Å². The standard InChI is InChI=1S/C12H10N2O5/c1-2-19-12(16)10(7-13)11(15)8-3-5-9(6-4-8)14(17)18/h3-6,15H,2H2,1H3/b11-10+. The van der Waals surface area contributed by atoms with Crippen molar-refractivity contribution in [1.29, 1.82) is 5.26 Å². The Morgan fingerprint density at radius 2 is 2.05 bits per heavy atom. The predicted octanol–water partition coefficient (Wildman–Crippen LogP) is 1.95. The minimum atomic E-state index is -0.944. The molecular formula is C12H10N2O5. The molecule has 1 rings (SSSR count). The lowest BCUT2D eigenvalue weighted by atomic mass is 10.1. The number of hydrogen-bond acceptors (Lipinski definition) is 6. The molecule has 0 fully saturated rings. The lowest BCUT2D eigenvalue weighted by Crippen LogP contribution is -2.08. The molecule has 7 heteroatoms. The summed E-state index contributed by atoms with van der Waals surface area (Å²) >= 11 is 0. The van der Waals surface area contributed by atoms with Gasteiger partial charge in [-0.1, -0.05) is 0 Å². The van der Waals surface area contributed by atoms with Gasteiger partial charge in [0.15, 0.2) is 5.57 Å². The van der Waals surface area contributed by atoms with E-state index in [1.165, 1.54) is 12.1 Å². The van der Waals surface area contributed by atoms with Crippen molar-refractivity contribution >= 4 is 17.4 Å². The van der Waals surface area contributed by atoms with E-state index in [0.717, 1.165) is 12.1 Å². The number of ether oxygens (including phenoxy) is 1. The number of nitriles is 1. The van der Waals surface area contributed by atoms with Crippen LogP contribution in [0.5, 0.6) is 0 Å². The van der Waals surface area contributed by atoms with Crippen LogP contribution in [-0.4, -0.2) is 22.6 Å². The molecule has 0 aromatic heterocycles. The molecule has 0 aliphatic carbocycles. The van der Waals surface area contributed by atoms with E-state index in [0.29, 0.717) is 0 Å². The van der Waals surface area contributed by atoms with E-state index in [1.807, 2.05) is 0 Å². The van der Waals surface area contributed by atoms with Crippen LogP contribution in [-0.2, 0) is 9.53 Å². The third-order valence-corrected chi connectivity index (χ3v) is 2.18. The number of carbonyl (C=O) groups is 1. The Morgan fingerprint density at radius 1 is 1.47 bits per heavy atom. The fourth-order valence-electron chi connectivity index (χ4n) is 1.28. The molecule has 0 spiro atoms. The van der Waals surface area contributed by atoms with E-state index in [2.05, 4.69) is 4.74 Å². The zero-order chi connectivity index (χ0) is 14.4. The molecule has 7 nitrogen and oxygen atoms in total. The van der Waals surface area contributed by atoms with Crippen molar-refractivity contribution in [2.75, 3.05) is 6.61 Å². The molecule has 0 saturated heterocycles. The molecule has 0 aliphatic heterocycles. The summed E-state index contributed by atoms with van der Waals surface area (Å²) in [6, 6.07) is 6.34. The Bertz CT molecular complexity index is 569. The van der Waals surface area contributed by atoms with Crippen molar-refractivity contribution in [2.24, 2.45) is 0 Å². The molecule has 0 atom stereocenters. The maximum Gasteiger partial charge on any atom is 0.352 e. The van der Waals surface area contributed by atoms with Crippen molar-refractivity contribution in [3.8, 4) is 6.07 Å². The Labute approximate surface area is 108 Å². The second kappa shape index (κ2) is 6.16. The third-order valence-electron chi connectivity index (χ3n) is 2.18. The number of aliphatic hydroxyl groups excluding tert-OH is 1. The molecule has 1 N–H and O–H groups in total. The van der Waals surface area contributed by atoms with Crippen LogP contribution in [0.25, 0.3) is 5.76 Å². The van der Waals surface area contributed by atoms with Gasteiger partial charge in [0, 0.05) is 17.7 Å². The highest BCUT2D eigenvalue weighted by atomic mass is 16.6. The van der Waals surface area contributed by atoms with Gasteiger partial charge in [0.25, 0.3) is 5.69 Å². The summed E-state index contributed by atoms with van der Waals surface area (Å²) in [6.07, 6.45) is 0. The first-order chi connectivity index (χ1) is 9.01. The maximum atomic E-state index is 11.4. The number of rotatable bonds is 4. The Morgan fingerprint density at radius 3 is 2.47 bits per heavy atom. The van der Waals surface area contributed by atoms with Crippen LogP contribution in [0.3, 0.4) is 0 Å². The van der Waals surface area contributed by atoms with E-state index in [-0.39, 0.29) is 17.9 Å². The number of aliphatic hydroxyl groups is 1. The van der Waals surface area contributed by atoms with E-state index >= 15 is 0 Å². The fourth-order valence-corrected chi connectivity index (χ4v) is 1.28.